The minimum atomic E-state index is 0.342. The monoisotopic (exact) mass is 297 g/mol. The maximum Gasteiger partial charge on any atom is 0.150 e. The molecule has 1 aromatic heterocycles. The Balaban J connectivity index is 1.67. The van der Waals surface area contributed by atoms with E-state index in [2.05, 4.69) is 27.5 Å². The van der Waals surface area contributed by atoms with Gasteiger partial charge < -0.3 is 9.64 Å². The van der Waals surface area contributed by atoms with Crippen molar-refractivity contribution in [3.63, 3.8) is 0 Å². The first kappa shape index (κ1) is 15.3. The highest BCUT2D eigenvalue weighted by molar-refractivity contribution is 7.80. The lowest BCUT2D eigenvalue weighted by molar-refractivity contribution is 0.00721. The van der Waals surface area contributed by atoms with Crippen LogP contribution in [-0.2, 0) is 18.2 Å². The van der Waals surface area contributed by atoms with Gasteiger partial charge in [-0.1, -0.05) is 12.2 Å². The van der Waals surface area contributed by atoms with E-state index in [4.69, 9.17) is 17.0 Å². The van der Waals surface area contributed by atoms with Crippen LogP contribution in [0, 0.1) is 0 Å². The van der Waals surface area contributed by atoms with E-state index in [1.165, 1.54) is 12.8 Å². The van der Waals surface area contributed by atoms with Crippen LogP contribution in [-0.4, -0.2) is 56.4 Å². The van der Waals surface area contributed by atoms with Crippen LogP contribution in [0.3, 0.4) is 0 Å². The van der Waals surface area contributed by atoms with Crippen LogP contribution in [0.2, 0.25) is 0 Å². The molecule has 0 amide bonds. The highest BCUT2D eigenvalue weighted by Crippen LogP contribution is 2.14. The van der Waals surface area contributed by atoms with Gasteiger partial charge in [0.2, 0.25) is 0 Å². The molecule has 0 bridgehead atoms. The highest BCUT2D eigenvalue weighted by atomic mass is 32.1. The molecular formula is C13H23N5OS. The zero-order valence-electron chi connectivity index (χ0n) is 12.3. The molecule has 20 heavy (non-hydrogen) atoms. The first-order valence-corrected chi connectivity index (χ1v) is 7.64. The van der Waals surface area contributed by atoms with Crippen LogP contribution < -0.4 is 0 Å². The van der Waals surface area contributed by atoms with Gasteiger partial charge in [-0.2, -0.15) is 0 Å². The van der Waals surface area contributed by atoms with E-state index in [9.17, 15) is 0 Å². The topological polar surface area (TPSA) is 56.1 Å². The number of hydrogen-bond donors (Lipinski definition) is 0. The van der Waals surface area contributed by atoms with E-state index in [-0.39, 0.29) is 0 Å². The standard InChI is InChI=1S/C13H23N5OS/c1-17(10-11-6-3-4-9-19-11)13(20)8-5-7-12-14-15-16-18(12)2/h11H,3-10H2,1-2H3. The summed E-state index contributed by atoms with van der Waals surface area (Å²) in [6, 6.07) is 0. The van der Waals surface area contributed by atoms with Crippen molar-refractivity contribution in [2.24, 2.45) is 7.05 Å². The highest BCUT2D eigenvalue weighted by Gasteiger charge is 2.17. The Labute approximate surface area is 125 Å². The second-order valence-electron chi connectivity index (χ2n) is 5.34. The lowest BCUT2D eigenvalue weighted by Crippen LogP contribution is -2.36. The van der Waals surface area contributed by atoms with Crippen molar-refractivity contribution in [2.45, 2.75) is 44.6 Å². The summed E-state index contributed by atoms with van der Waals surface area (Å²) in [4.78, 5) is 3.15. The lowest BCUT2D eigenvalue weighted by Gasteiger charge is -2.28. The molecule has 1 unspecified atom stereocenters. The van der Waals surface area contributed by atoms with Crippen molar-refractivity contribution in [3.8, 4) is 0 Å². The average molecular weight is 297 g/mol. The second-order valence-corrected chi connectivity index (χ2v) is 5.81. The fraction of sp³-hybridized carbons (Fsp3) is 0.846. The number of likely N-dealkylation sites (N-methyl/N-ethyl adjacent to an activating group) is 1. The maximum absolute atomic E-state index is 5.75. The molecule has 7 heteroatoms. The van der Waals surface area contributed by atoms with Gasteiger partial charge in [0.15, 0.2) is 5.82 Å². The summed E-state index contributed by atoms with van der Waals surface area (Å²) in [5.41, 5.74) is 0. The fourth-order valence-corrected chi connectivity index (χ4v) is 2.63. The van der Waals surface area contributed by atoms with Gasteiger partial charge in [-0.15, -0.1) is 5.10 Å². The van der Waals surface area contributed by atoms with Gasteiger partial charge in [-0.3, -0.25) is 0 Å². The van der Waals surface area contributed by atoms with Crippen LogP contribution >= 0.6 is 12.2 Å². The van der Waals surface area contributed by atoms with Crippen LogP contribution in [0.25, 0.3) is 0 Å². The predicted octanol–water partition coefficient (Wildman–Crippen LogP) is 1.36. The Morgan fingerprint density at radius 3 is 3.00 bits per heavy atom. The molecule has 0 saturated carbocycles. The third kappa shape index (κ3) is 4.49. The van der Waals surface area contributed by atoms with Gasteiger partial charge in [-0.25, -0.2) is 4.68 Å². The molecule has 112 valence electrons. The summed E-state index contributed by atoms with van der Waals surface area (Å²) < 4.78 is 7.46. The number of aromatic nitrogens is 4. The molecular weight excluding hydrogens is 274 g/mol. The van der Waals surface area contributed by atoms with Crippen molar-refractivity contribution in [1.82, 2.24) is 25.1 Å². The zero-order valence-corrected chi connectivity index (χ0v) is 13.1. The molecule has 1 aliphatic heterocycles. The summed E-state index contributed by atoms with van der Waals surface area (Å²) in [6.45, 7) is 1.80. The minimum absolute atomic E-state index is 0.342. The van der Waals surface area contributed by atoms with E-state index in [0.717, 1.165) is 49.6 Å². The zero-order chi connectivity index (χ0) is 14.4. The lowest BCUT2D eigenvalue weighted by atomic mass is 10.1. The molecule has 1 saturated heterocycles. The summed E-state index contributed by atoms with van der Waals surface area (Å²) in [6.07, 6.45) is 6.68. The minimum Gasteiger partial charge on any atom is -0.376 e. The molecule has 1 fully saturated rings. The molecule has 1 atom stereocenters. The number of hydrogen-bond acceptors (Lipinski definition) is 5. The number of ether oxygens (including phenoxy) is 1. The van der Waals surface area contributed by atoms with Crippen molar-refractivity contribution in [2.75, 3.05) is 20.2 Å². The molecule has 2 heterocycles. The summed E-state index contributed by atoms with van der Waals surface area (Å²) >= 11 is 5.48. The Morgan fingerprint density at radius 1 is 1.50 bits per heavy atom. The van der Waals surface area contributed by atoms with Crippen molar-refractivity contribution >= 4 is 17.2 Å². The van der Waals surface area contributed by atoms with Crippen molar-refractivity contribution in [1.29, 1.82) is 0 Å². The van der Waals surface area contributed by atoms with Gasteiger partial charge in [0, 0.05) is 33.7 Å². The molecule has 2 rings (SSSR count). The molecule has 0 aliphatic carbocycles. The van der Waals surface area contributed by atoms with Crippen molar-refractivity contribution < 1.29 is 4.74 Å². The Bertz CT molecular complexity index is 430. The second kappa shape index (κ2) is 7.64. The number of thiocarbonyl (C=S) groups is 1. The Hall–Kier alpha value is -1.08. The molecule has 0 aromatic carbocycles. The predicted molar refractivity (Wildman–Crippen MR) is 80.6 cm³/mol. The number of aryl methyl sites for hydroxylation is 2. The average Bonchev–Trinajstić information content (AvgIpc) is 2.85. The van der Waals surface area contributed by atoms with Crippen LogP contribution in [0.15, 0.2) is 0 Å². The van der Waals surface area contributed by atoms with E-state index in [0.29, 0.717) is 6.10 Å². The largest absolute Gasteiger partial charge is 0.376 e. The molecule has 1 aromatic rings. The normalized spacial score (nSPS) is 19.0. The van der Waals surface area contributed by atoms with Gasteiger partial charge >= 0.3 is 0 Å². The van der Waals surface area contributed by atoms with Gasteiger partial charge in [0.25, 0.3) is 0 Å². The van der Waals surface area contributed by atoms with Crippen LogP contribution in [0.1, 0.15) is 37.9 Å². The molecule has 6 nitrogen and oxygen atoms in total. The molecule has 0 radical (unpaired) electrons. The number of nitrogens with zero attached hydrogens (tertiary/aromatic N) is 5. The Morgan fingerprint density at radius 2 is 2.35 bits per heavy atom. The van der Waals surface area contributed by atoms with E-state index < -0.39 is 0 Å². The van der Waals surface area contributed by atoms with E-state index in [1.807, 2.05) is 7.05 Å². The van der Waals surface area contributed by atoms with Gasteiger partial charge in [0.1, 0.15) is 0 Å². The molecule has 0 spiro atoms. The summed E-state index contributed by atoms with van der Waals surface area (Å²) in [5.74, 6) is 0.908. The smallest absolute Gasteiger partial charge is 0.150 e. The van der Waals surface area contributed by atoms with E-state index in [1.54, 1.807) is 4.68 Å². The van der Waals surface area contributed by atoms with Crippen molar-refractivity contribution in [3.05, 3.63) is 5.82 Å². The SMILES string of the molecule is CN(CC1CCCCO1)C(=S)CCCc1nnnn1C. The van der Waals surface area contributed by atoms with Crippen LogP contribution in [0.4, 0.5) is 0 Å². The van der Waals surface area contributed by atoms with E-state index >= 15 is 0 Å². The maximum atomic E-state index is 5.75. The first-order valence-electron chi connectivity index (χ1n) is 7.23. The quantitative estimate of drug-likeness (QED) is 0.739. The first-order chi connectivity index (χ1) is 9.66. The summed E-state index contributed by atoms with van der Waals surface area (Å²) in [5, 5.41) is 11.4. The molecule has 1 aliphatic rings. The number of rotatable bonds is 6. The third-order valence-electron chi connectivity index (χ3n) is 3.68. The van der Waals surface area contributed by atoms with Crippen LogP contribution in [0.5, 0.6) is 0 Å². The Kier molecular flexibility index (Phi) is 5.85. The summed E-state index contributed by atoms with van der Waals surface area (Å²) in [7, 11) is 3.92. The van der Waals surface area contributed by atoms with Gasteiger partial charge in [-0.05, 0) is 42.5 Å². The number of tetrazole rings is 1. The fourth-order valence-electron chi connectivity index (χ4n) is 2.41. The molecule has 0 N–H and O–H groups in total. The van der Waals surface area contributed by atoms with Gasteiger partial charge in [0.05, 0.1) is 11.1 Å². The third-order valence-corrected chi connectivity index (χ3v) is 4.19.